The number of phosphoric acid groups is 1. The predicted octanol–water partition coefficient (Wildman–Crippen LogP) is 10.7. The van der Waals surface area contributed by atoms with Crippen LogP contribution in [-0.4, -0.2) is 88.6 Å². The Morgan fingerprint density at radius 3 is 1.80 bits per heavy atom. The third-order valence-corrected chi connectivity index (χ3v) is 11.8. The Kier molecular flexibility index (Phi) is 42.2. The van der Waals surface area contributed by atoms with Crippen molar-refractivity contribution in [1.29, 1.82) is 0 Å². The molecule has 0 amide bonds. The van der Waals surface area contributed by atoms with Crippen LogP contribution in [0.3, 0.4) is 0 Å². The van der Waals surface area contributed by atoms with E-state index in [4.69, 9.17) is 35.1 Å². The number of aliphatic hydroxyl groups is 1. The molecule has 0 aliphatic heterocycles. The summed E-state index contributed by atoms with van der Waals surface area (Å²) in [4.78, 5) is 46.8. The van der Waals surface area contributed by atoms with Crippen LogP contribution in [0.1, 0.15) is 142 Å². The SMILES string of the molecule is CCCCC/C=C\C\C=C/C=C/C=C/[C@@H](SC[C@H](N)C(=O)O[C@H](COC(=O)CCCCC/C=C\C/C=C\C/C=C\C/C=C\CCCCC)COP(=O)(O)OCCN)[C@@H](O)CCCC(=O)O. The summed E-state index contributed by atoms with van der Waals surface area (Å²) < 4.78 is 32.9. The second-order valence-corrected chi connectivity index (χ2v) is 18.1. The fraction of sp³-hybridized carbons (Fsp3) is 0.620. The number of hydrogen-bond donors (Lipinski definition) is 5. The molecule has 0 aliphatic rings. The highest BCUT2D eigenvalue weighted by atomic mass is 32.2. The lowest BCUT2D eigenvalue weighted by Crippen LogP contribution is -2.40. The van der Waals surface area contributed by atoms with Crippen molar-refractivity contribution in [1.82, 2.24) is 0 Å². The topological polar surface area (TPSA) is 218 Å². The van der Waals surface area contributed by atoms with E-state index in [1.165, 1.54) is 50.3 Å². The second kappa shape index (κ2) is 44.5. The van der Waals surface area contributed by atoms with Crippen LogP contribution in [0.15, 0.2) is 97.2 Å². The number of thioether (sulfide) groups is 1. The maximum atomic E-state index is 13.1. The predicted molar refractivity (Wildman–Crippen MR) is 266 cm³/mol. The Morgan fingerprint density at radius 2 is 1.23 bits per heavy atom. The molecule has 0 aromatic rings. The van der Waals surface area contributed by atoms with E-state index in [1.54, 1.807) is 12.2 Å². The molecule has 0 radical (unpaired) electrons. The summed E-state index contributed by atoms with van der Waals surface area (Å²) in [5.41, 5.74) is 11.6. The van der Waals surface area contributed by atoms with E-state index in [0.717, 1.165) is 57.8 Å². The van der Waals surface area contributed by atoms with Crippen molar-refractivity contribution in [2.24, 2.45) is 11.5 Å². The van der Waals surface area contributed by atoms with E-state index < -0.39 is 62.4 Å². The Bertz CT molecular complexity index is 1510. The highest BCUT2D eigenvalue weighted by Gasteiger charge is 2.28. The van der Waals surface area contributed by atoms with Gasteiger partial charge in [0.05, 0.1) is 19.3 Å². The Balaban J connectivity index is 5.07. The molecule has 0 aromatic heterocycles. The number of aliphatic hydroxyl groups excluding tert-OH is 1. The molecule has 13 nitrogen and oxygen atoms in total. The van der Waals surface area contributed by atoms with E-state index in [2.05, 4.69) is 74.6 Å². The first-order valence-corrected chi connectivity index (χ1v) is 26.2. The molecular formula is C50H83N2O11PS. The summed E-state index contributed by atoms with van der Waals surface area (Å²) in [6, 6.07) is -1.20. The first-order chi connectivity index (χ1) is 31.4. The smallest absolute Gasteiger partial charge is 0.472 e. The molecule has 15 heteroatoms. The number of phosphoric ester groups is 1. The van der Waals surface area contributed by atoms with Gasteiger partial charge >= 0.3 is 25.7 Å². The van der Waals surface area contributed by atoms with Crippen molar-refractivity contribution in [3.8, 4) is 0 Å². The fourth-order valence-corrected chi connectivity index (χ4v) is 7.64. The minimum Gasteiger partial charge on any atom is -0.481 e. The van der Waals surface area contributed by atoms with E-state index in [-0.39, 0.29) is 44.6 Å². The van der Waals surface area contributed by atoms with Crippen molar-refractivity contribution in [2.75, 3.05) is 32.1 Å². The second-order valence-electron chi connectivity index (χ2n) is 15.5. The monoisotopic (exact) mass is 951 g/mol. The largest absolute Gasteiger partial charge is 0.481 e. The number of carbonyl (C=O) groups excluding carboxylic acids is 2. The van der Waals surface area contributed by atoms with Gasteiger partial charge in [0.1, 0.15) is 12.6 Å². The van der Waals surface area contributed by atoms with Gasteiger partial charge in [-0.3, -0.25) is 23.4 Å². The lowest BCUT2D eigenvalue weighted by Gasteiger charge is -2.23. The van der Waals surface area contributed by atoms with Gasteiger partial charge in [-0.2, -0.15) is 0 Å². The molecule has 0 fully saturated rings. The summed E-state index contributed by atoms with van der Waals surface area (Å²) in [5.74, 6) is -2.37. The number of unbranched alkanes of at least 4 members (excludes halogenated alkanes) is 9. The minimum atomic E-state index is -4.55. The molecule has 1 unspecified atom stereocenters. The van der Waals surface area contributed by atoms with Crippen molar-refractivity contribution >= 4 is 37.5 Å². The summed E-state index contributed by atoms with van der Waals surface area (Å²) in [6.07, 6.45) is 47.6. The Morgan fingerprint density at radius 1 is 0.677 bits per heavy atom. The van der Waals surface area contributed by atoms with Gasteiger partial charge in [-0.15, -0.1) is 11.8 Å². The Hall–Kier alpha value is -3.33. The first kappa shape index (κ1) is 61.7. The molecule has 0 bridgehead atoms. The van der Waals surface area contributed by atoms with Gasteiger partial charge < -0.3 is 36.0 Å². The van der Waals surface area contributed by atoms with E-state index in [0.29, 0.717) is 6.42 Å². The molecule has 0 heterocycles. The van der Waals surface area contributed by atoms with Crippen LogP contribution in [0.2, 0.25) is 0 Å². The highest BCUT2D eigenvalue weighted by Crippen LogP contribution is 2.43. The lowest BCUT2D eigenvalue weighted by molar-refractivity contribution is -0.161. The van der Waals surface area contributed by atoms with Gasteiger partial charge in [0.15, 0.2) is 6.10 Å². The lowest BCUT2D eigenvalue weighted by atomic mass is 10.1. The van der Waals surface area contributed by atoms with Crippen LogP contribution in [0, 0.1) is 0 Å². The molecule has 0 rings (SSSR count). The van der Waals surface area contributed by atoms with Crippen LogP contribution < -0.4 is 11.5 Å². The summed E-state index contributed by atoms with van der Waals surface area (Å²) in [5, 5.41) is 19.4. The first-order valence-electron chi connectivity index (χ1n) is 23.7. The maximum absolute atomic E-state index is 13.1. The molecule has 7 N–H and O–H groups in total. The standard InChI is InChI=1S/C50H83N2O11PS/c1-3-5-7-9-11-13-15-17-18-19-20-21-22-23-25-27-29-31-33-38-49(56)60-41-44(42-62-64(58,59)61-40-39-51)63-50(57)45(52)43-65-47(46(53)35-34-37-48(54)55)36-32-30-28-26-24-16-14-12-10-8-6-4-2/h11-14,17-18,20-21,23-26,28,30,32,36,44-47,53H,3-10,15-16,19,22,27,29,31,33-35,37-43,51-52H2,1-2H3,(H,54,55)(H,58,59)/b13-11-,14-12-,18-17-,21-20-,25-23-,26-24-,30-28+,36-32+/t44-,45+,46+,47-/m1/s1. The third-order valence-electron chi connectivity index (χ3n) is 9.44. The average molecular weight is 951 g/mol. The summed E-state index contributed by atoms with van der Waals surface area (Å²) in [7, 11) is -4.55. The zero-order valence-corrected chi connectivity index (χ0v) is 41.1. The van der Waals surface area contributed by atoms with Gasteiger partial charge in [0.25, 0.3) is 0 Å². The van der Waals surface area contributed by atoms with Crippen molar-refractivity contribution in [3.05, 3.63) is 97.2 Å². The molecular weight excluding hydrogens is 868 g/mol. The van der Waals surface area contributed by atoms with Gasteiger partial charge in [-0.05, 0) is 83.5 Å². The van der Waals surface area contributed by atoms with Crippen molar-refractivity contribution < 1.29 is 52.6 Å². The van der Waals surface area contributed by atoms with Crippen molar-refractivity contribution in [2.45, 2.75) is 166 Å². The van der Waals surface area contributed by atoms with Crippen LogP contribution in [0.5, 0.6) is 0 Å². The van der Waals surface area contributed by atoms with Gasteiger partial charge in [0, 0.05) is 30.4 Å². The normalized spacial score (nSPS) is 15.4. The van der Waals surface area contributed by atoms with Gasteiger partial charge in [0.2, 0.25) is 0 Å². The molecule has 65 heavy (non-hydrogen) atoms. The third kappa shape index (κ3) is 41.8. The number of ether oxygens (including phenoxy) is 2. The number of hydrogen-bond acceptors (Lipinski definition) is 12. The van der Waals surface area contributed by atoms with E-state index >= 15 is 0 Å². The number of esters is 2. The number of nitrogens with two attached hydrogens (primary N) is 2. The van der Waals surface area contributed by atoms with Gasteiger partial charge in [-0.1, -0.05) is 143 Å². The molecule has 5 atom stereocenters. The minimum absolute atomic E-state index is 0.00453. The van der Waals surface area contributed by atoms with Gasteiger partial charge in [-0.25, -0.2) is 4.57 Å². The zero-order chi connectivity index (χ0) is 48.1. The molecule has 0 saturated heterocycles. The van der Waals surface area contributed by atoms with Crippen LogP contribution >= 0.6 is 19.6 Å². The van der Waals surface area contributed by atoms with Crippen LogP contribution in [-0.2, 0) is 37.5 Å². The van der Waals surface area contributed by atoms with Crippen LogP contribution in [0.4, 0.5) is 0 Å². The number of carboxylic acid groups (broad SMARTS) is 1. The number of allylic oxidation sites excluding steroid dienone is 15. The highest BCUT2D eigenvalue weighted by molar-refractivity contribution is 8.00. The summed E-state index contributed by atoms with van der Waals surface area (Å²) in [6.45, 7) is 3.03. The Labute approximate surface area is 395 Å². The maximum Gasteiger partial charge on any atom is 0.472 e. The molecule has 0 spiro atoms. The van der Waals surface area contributed by atoms with E-state index in [1.807, 2.05) is 24.3 Å². The number of rotatable bonds is 43. The fourth-order valence-electron chi connectivity index (χ4n) is 5.75. The average Bonchev–Trinajstić information content (AvgIpc) is 3.28. The summed E-state index contributed by atoms with van der Waals surface area (Å²) >= 11 is 1.19. The molecule has 0 aliphatic carbocycles. The van der Waals surface area contributed by atoms with Crippen LogP contribution in [0.25, 0.3) is 0 Å². The quantitative estimate of drug-likeness (QED) is 0.0126. The zero-order valence-electron chi connectivity index (χ0n) is 39.3. The molecule has 0 saturated carbocycles. The number of carbonyl (C=O) groups is 3. The van der Waals surface area contributed by atoms with E-state index in [9.17, 15) is 28.9 Å². The van der Waals surface area contributed by atoms with Crippen molar-refractivity contribution in [3.63, 3.8) is 0 Å². The molecule has 370 valence electrons. The molecule has 0 aromatic carbocycles. The number of aliphatic carboxylic acids is 1. The number of carboxylic acids is 1.